The first-order valence-electron chi connectivity index (χ1n) is 5.05. The van der Waals surface area contributed by atoms with Crippen molar-refractivity contribution in [1.82, 2.24) is 5.48 Å². The Kier molecular flexibility index (Phi) is 5.09. The van der Waals surface area contributed by atoms with Gasteiger partial charge in [-0.15, -0.1) is 0 Å². The number of amides is 2. The van der Waals surface area contributed by atoms with Gasteiger partial charge in [-0.2, -0.15) is 5.26 Å². The minimum atomic E-state index is -0.673. The molecule has 0 saturated heterocycles. The summed E-state index contributed by atoms with van der Waals surface area (Å²) >= 11 is 0. The maximum absolute atomic E-state index is 11.3. The Morgan fingerprint density at radius 1 is 1.39 bits per heavy atom. The predicted molar refractivity (Wildman–Crippen MR) is 64.3 cm³/mol. The van der Waals surface area contributed by atoms with Crippen molar-refractivity contribution in [3.05, 3.63) is 35.9 Å². The molecular formula is C12H11N3O3. The third kappa shape index (κ3) is 4.08. The molecule has 0 bridgehead atoms. The van der Waals surface area contributed by atoms with Gasteiger partial charge in [-0.25, -0.2) is 5.48 Å². The van der Waals surface area contributed by atoms with E-state index in [0.717, 1.165) is 6.08 Å². The van der Waals surface area contributed by atoms with E-state index in [1.54, 1.807) is 30.3 Å². The van der Waals surface area contributed by atoms with Crippen LogP contribution in [0.1, 0.15) is 12.0 Å². The summed E-state index contributed by atoms with van der Waals surface area (Å²) in [5, 5.41) is 19.3. The van der Waals surface area contributed by atoms with Gasteiger partial charge in [-0.3, -0.25) is 14.8 Å². The number of hydrogen-bond acceptors (Lipinski definition) is 4. The zero-order chi connectivity index (χ0) is 13.4. The van der Waals surface area contributed by atoms with Crippen LogP contribution in [-0.4, -0.2) is 17.0 Å². The second-order valence-corrected chi connectivity index (χ2v) is 3.28. The molecule has 0 fully saturated rings. The molecule has 1 rings (SSSR count). The summed E-state index contributed by atoms with van der Waals surface area (Å²) < 4.78 is 0. The Bertz CT molecular complexity index is 518. The van der Waals surface area contributed by atoms with Gasteiger partial charge in [0.15, 0.2) is 0 Å². The Morgan fingerprint density at radius 2 is 2.11 bits per heavy atom. The zero-order valence-corrected chi connectivity index (χ0v) is 9.38. The van der Waals surface area contributed by atoms with Gasteiger partial charge in [0.25, 0.3) is 5.91 Å². The number of hydroxylamine groups is 1. The fourth-order valence-electron chi connectivity index (χ4n) is 1.23. The Labute approximate surface area is 103 Å². The highest BCUT2D eigenvalue weighted by atomic mass is 16.5. The summed E-state index contributed by atoms with van der Waals surface area (Å²) in [6, 6.07) is 8.51. The zero-order valence-electron chi connectivity index (χ0n) is 9.38. The molecule has 1 aromatic rings. The van der Waals surface area contributed by atoms with Gasteiger partial charge in [0, 0.05) is 11.8 Å². The van der Waals surface area contributed by atoms with Gasteiger partial charge in [0.05, 0.1) is 6.07 Å². The van der Waals surface area contributed by atoms with Crippen LogP contribution < -0.4 is 10.8 Å². The lowest BCUT2D eigenvalue weighted by Gasteiger charge is -2.06. The second kappa shape index (κ2) is 6.83. The van der Waals surface area contributed by atoms with E-state index in [-0.39, 0.29) is 6.42 Å². The van der Waals surface area contributed by atoms with Crippen LogP contribution in [-0.2, 0) is 9.59 Å². The first-order valence-corrected chi connectivity index (χ1v) is 5.05. The van der Waals surface area contributed by atoms with Crippen molar-refractivity contribution in [3.8, 4) is 6.07 Å². The first-order chi connectivity index (χ1) is 8.67. The molecule has 0 spiro atoms. The van der Waals surface area contributed by atoms with Gasteiger partial charge in [0.1, 0.15) is 6.42 Å². The second-order valence-electron chi connectivity index (χ2n) is 3.28. The molecule has 0 unspecified atom stereocenters. The van der Waals surface area contributed by atoms with E-state index in [9.17, 15) is 9.59 Å². The van der Waals surface area contributed by atoms with E-state index < -0.39 is 11.8 Å². The molecule has 2 amide bonds. The molecule has 0 heterocycles. The molecule has 0 saturated carbocycles. The summed E-state index contributed by atoms with van der Waals surface area (Å²) in [7, 11) is 0. The van der Waals surface area contributed by atoms with Crippen molar-refractivity contribution in [1.29, 1.82) is 5.26 Å². The van der Waals surface area contributed by atoms with Crippen LogP contribution in [0.25, 0.3) is 6.08 Å². The number of benzene rings is 1. The number of carbonyl (C=O) groups is 2. The maximum Gasteiger partial charge on any atom is 0.267 e. The highest BCUT2D eigenvalue weighted by Crippen LogP contribution is 2.16. The van der Waals surface area contributed by atoms with Crippen LogP contribution in [0, 0.1) is 11.3 Å². The van der Waals surface area contributed by atoms with Gasteiger partial charge in [-0.1, -0.05) is 18.2 Å². The van der Waals surface area contributed by atoms with E-state index in [2.05, 4.69) is 5.32 Å². The molecule has 3 N–H and O–H groups in total. The lowest BCUT2D eigenvalue weighted by atomic mass is 10.1. The number of rotatable bonds is 4. The number of nitrogens with one attached hydrogen (secondary N) is 2. The number of anilines is 1. The Hall–Kier alpha value is -2.65. The Balaban J connectivity index is 2.86. The number of hydrogen-bond donors (Lipinski definition) is 3. The van der Waals surface area contributed by atoms with E-state index >= 15 is 0 Å². The average molecular weight is 245 g/mol. The lowest BCUT2D eigenvalue weighted by molar-refractivity contribution is -0.124. The predicted octanol–water partition coefficient (Wildman–Crippen LogP) is 1.06. The number of nitriles is 1. The van der Waals surface area contributed by atoms with Gasteiger partial charge < -0.3 is 5.32 Å². The van der Waals surface area contributed by atoms with Crippen molar-refractivity contribution in [3.63, 3.8) is 0 Å². The molecular weight excluding hydrogens is 234 g/mol. The van der Waals surface area contributed by atoms with Gasteiger partial charge in [-0.05, 0) is 17.7 Å². The lowest BCUT2D eigenvalue weighted by Crippen LogP contribution is -2.15. The minimum absolute atomic E-state index is 0.241. The van der Waals surface area contributed by atoms with E-state index in [1.165, 1.54) is 11.6 Å². The summed E-state index contributed by atoms with van der Waals surface area (Å²) in [6.45, 7) is 0. The fourth-order valence-corrected chi connectivity index (χ4v) is 1.23. The fraction of sp³-hybridized carbons (Fsp3) is 0.0833. The molecule has 0 radical (unpaired) electrons. The summed E-state index contributed by atoms with van der Waals surface area (Å²) in [6.07, 6.45) is 2.32. The number of carbonyl (C=O) groups excluding carboxylic acids is 2. The van der Waals surface area contributed by atoms with Crippen molar-refractivity contribution in [2.45, 2.75) is 6.42 Å². The molecule has 0 aliphatic heterocycles. The molecule has 0 atom stereocenters. The topological polar surface area (TPSA) is 102 Å². The molecule has 0 aliphatic rings. The monoisotopic (exact) mass is 245 g/mol. The molecule has 1 aromatic carbocycles. The van der Waals surface area contributed by atoms with E-state index in [0.29, 0.717) is 11.3 Å². The highest BCUT2D eigenvalue weighted by Gasteiger charge is 2.04. The highest BCUT2D eigenvalue weighted by molar-refractivity contribution is 5.96. The summed E-state index contributed by atoms with van der Waals surface area (Å²) in [5.74, 6) is -1.10. The molecule has 92 valence electrons. The summed E-state index contributed by atoms with van der Waals surface area (Å²) in [5.41, 5.74) is 2.54. The largest absolute Gasteiger partial charge is 0.325 e. The van der Waals surface area contributed by atoms with E-state index in [4.69, 9.17) is 10.5 Å². The number of para-hydroxylation sites is 1. The molecule has 0 aliphatic carbocycles. The third-order valence-electron chi connectivity index (χ3n) is 2.00. The standard InChI is InChI=1S/C12H11N3O3/c13-8-7-11(16)14-10-4-2-1-3-9(10)5-6-12(17)15-18/h1-6,18H,7H2,(H,14,16)(H,15,17)/b6-5+. The molecule has 6 heteroatoms. The average Bonchev–Trinajstić information content (AvgIpc) is 2.37. The minimum Gasteiger partial charge on any atom is -0.325 e. The van der Waals surface area contributed by atoms with Crippen molar-refractivity contribution in [2.75, 3.05) is 5.32 Å². The molecule has 0 aromatic heterocycles. The SMILES string of the molecule is N#CCC(=O)Nc1ccccc1/C=C/C(=O)NO. The van der Waals surface area contributed by atoms with Crippen LogP contribution in [0.15, 0.2) is 30.3 Å². The first kappa shape index (κ1) is 13.4. The van der Waals surface area contributed by atoms with Crippen molar-refractivity contribution >= 4 is 23.6 Å². The molecule has 18 heavy (non-hydrogen) atoms. The van der Waals surface area contributed by atoms with Crippen molar-refractivity contribution < 1.29 is 14.8 Å². The summed E-state index contributed by atoms with van der Waals surface area (Å²) in [4.78, 5) is 22.1. The third-order valence-corrected chi connectivity index (χ3v) is 2.00. The quantitative estimate of drug-likeness (QED) is 0.419. The Morgan fingerprint density at radius 3 is 2.78 bits per heavy atom. The van der Waals surface area contributed by atoms with Crippen LogP contribution >= 0.6 is 0 Å². The maximum atomic E-state index is 11.3. The smallest absolute Gasteiger partial charge is 0.267 e. The van der Waals surface area contributed by atoms with E-state index in [1.807, 2.05) is 0 Å². The van der Waals surface area contributed by atoms with Crippen LogP contribution in [0.2, 0.25) is 0 Å². The normalized spacial score (nSPS) is 9.78. The van der Waals surface area contributed by atoms with Gasteiger partial charge in [0.2, 0.25) is 5.91 Å². The van der Waals surface area contributed by atoms with Crippen LogP contribution in [0.5, 0.6) is 0 Å². The van der Waals surface area contributed by atoms with Crippen LogP contribution in [0.3, 0.4) is 0 Å². The van der Waals surface area contributed by atoms with Gasteiger partial charge >= 0.3 is 0 Å². The molecule has 6 nitrogen and oxygen atoms in total. The number of nitrogens with zero attached hydrogens (tertiary/aromatic N) is 1. The van der Waals surface area contributed by atoms with Crippen LogP contribution in [0.4, 0.5) is 5.69 Å². The van der Waals surface area contributed by atoms with Crippen molar-refractivity contribution in [2.24, 2.45) is 0 Å².